The first-order chi connectivity index (χ1) is 9.38. The average molecular weight is 333 g/mol. The van der Waals surface area contributed by atoms with Gasteiger partial charge < -0.3 is 5.32 Å². The molecule has 4 heteroatoms. The van der Waals surface area contributed by atoms with Gasteiger partial charge in [-0.15, -0.1) is 0 Å². The minimum atomic E-state index is -0.113. The van der Waals surface area contributed by atoms with Gasteiger partial charge in [-0.3, -0.25) is 4.79 Å². The number of halogens is 1. The summed E-state index contributed by atoms with van der Waals surface area (Å²) in [6, 6.07) is 5.96. The van der Waals surface area contributed by atoms with Crippen LogP contribution >= 0.6 is 15.9 Å². The molecule has 1 amide bonds. The molecule has 0 saturated heterocycles. The molecule has 2 rings (SSSR count). The fourth-order valence-corrected chi connectivity index (χ4v) is 2.83. The Morgan fingerprint density at radius 2 is 1.65 bits per heavy atom. The fourth-order valence-electron chi connectivity index (χ4n) is 2.38. The van der Waals surface area contributed by atoms with Crippen LogP contribution in [0.1, 0.15) is 32.6 Å². The van der Waals surface area contributed by atoms with Crippen molar-refractivity contribution in [3.05, 3.63) is 56.7 Å². The normalized spacial score (nSPS) is 10.4. The second kappa shape index (κ2) is 5.75. The smallest absolute Gasteiger partial charge is 0.257 e. The van der Waals surface area contributed by atoms with Crippen LogP contribution in [0, 0.1) is 27.7 Å². The van der Waals surface area contributed by atoms with Gasteiger partial charge in [-0.1, -0.05) is 17.7 Å². The average Bonchev–Trinajstić information content (AvgIpc) is 2.31. The van der Waals surface area contributed by atoms with Crippen LogP contribution in [-0.4, -0.2) is 10.9 Å². The molecule has 0 aliphatic carbocycles. The highest BCUT2D eigenvalue weighted by Crippen LogP contribution is 2.20. The third kappa shape index (κ3) is 3.07. The van der Waals surface area contributed by atoms with Crippen molar-refractivity contribution in [1.82, 2.24) is 4.98 Å². The summed E-state index contributed by atoms with van der Waals surface area (Å²) < 4.78 is 0.899. The van der Waals surface area contributed by atoms with Crippen LogP contribution in [-0.2, 0) is 0 Å². The van der Waals surface area contributed by atoms with E-state index in [0.717, 1.165) is 32.3 Å². The molecule has 0 radical (unpaired) electrons. The van der Waals surface area contributed by atoms with Crippen molar-refractivity contribution in [3.8, 4) is 0 Å². The van der Waals surface area contributed by atoms with Gasteiger partial charge in [-0.05, 0) is 66.4 Å². The summed E-state index contributed by atoms with van der Waals surface area (Å²) >= 11 is 3.36. The zero-order chi connectivity index (χ0) is 14.9. The molecule has 1 aromatic carbocycles. The summed E-state index contributed by atoms with van der Waals surface area (Å²) in [5, 5.41) is 2.88. The Kier molecular flexibility index (Phi) is 4.23. The van der Waals surface area contributed by atoms with Crippen molar-refractivity contribution in [2.24, 2.45) is 0 Å². The van der Waals surface area contributed by atoms with Crippen molar-refractivity contribution < 1.29 is 4.79 Å². The fraction of sp³-hybridized carbons (Fsp3) is 0.250. The Labute approximate surface area is 127 Å². The van der Waals surface area contributed by atoms with E-state index in [1.54, 1.807) is 6.20 Å². The van der Waals surface area contributed by atoms with Gasteiger partial charge in [0.15, 0.2) is 0 Å². The largest absolute Gasteiger partial charge is 0.306 e. The minimum Gasteiger partial charge on any atom is -0.306 e. The summed E-state index contributed by atoms with van der Waals surface area (Å²) in [5.74, 6) is 0.482. The van der Waals surface area contributed by atoms with Crippen LogP contribution in [0.4, 0.5) is 5.82 Å². The van der Waals surface area contributed by atoms with E-state index >= 15 is 0 Å². The van der Waals surface area contributed by atoms with Gasteiger partial charge in [0.25, 0.3) is 5.91 Å². The monoisotopic (exact) mass is 332 g/mol. The molecule has 104 valence electrons. The second-order valence-electron chi connectivity index (χ2n) is 5.05. The quantitative estimate of drug-likeness (QED) is 0.889. The van der Waals surface area contributed by atoms with E-state index in [2.05, 4.69) is 26.2 Å². The Hall–Kier alpha value is -1.68. The number of hydrogen-bond acceptors (Lipinski definition) is 2. The molecule has 2 aromatic rings. The van der Waals surface area contributed by atoms with Crippen molar-refractivity contribution in [3.63, 3.8) is 0 Å². The van der Waals surface area contributed by atoms with Gasteiger partial charge in [0.05, 0.1) is 0 Å². The molecule has 0 spiro atoms. The molecule has 0 fully saturated rings. The maximum Gasteiger partial charge on any atom is 0.257 e. The lowest BCUT2D eigenvalue weighted by Crippen LogP contribution is -2.16. The molecule has 0 unspecified atom stereocenters. The first kappa shape index (κ1) is 14.7. The third-order valence-corrected chi connectivity index (χ3v) is 3.61. The lowest BCUT2D eigenvalue weighted by molar-refractivity contribution is 0.102. The van der Waals surface area contributed by atoms with E-state index in [1.165, 1.54) is 0 Å². The molecule has 0 bridgehead atoms. The van der Waals surface area contributed by atoms with E-state index in [4.69, 9.17) is 0 Å². The molecule has 1 aromatic heterocycles. The number of hydrogen-bond donors (Lipinski definition) is 1. The number of carbonyl (C=O) groups excluding carboxylic acids is 1. The van der Waals surface area contributed by atoms with Gasteiger partial charge in [0.1, 0.15) is 5.82 Å². The molecule has 0 saturated carbocycles. The predicted molar refractivity (Wildman–Crippen MR) is 85.3 cm³/mol. The number of aryl methyl sites for hydroxylation is 4. The maximum absolute atomic E-state index is 12.4. The van der Waals surface area contributed by atoms with Gasteiger partial charge in [-0.25, -0.2) is 4.98 Å². The maximum atomic E-state index is 12.4. The van der Waals surface area contributed by atoms with Crippen LogP contribution in [0.2, 0.25) is 0 Å². The van der Waals surface area contributed by atoms with E-state index in [0.29, 0.717) is 5.82 Å². The number of amides is 1. The zero-order valence-corrected chi connectivity index (χ0v) is 13.6. The SMILES string of the molecule is Cc1cc(C)c(C(=O)Nc2ncc(Br)cc2C)c(C)c1. The molecule has 0 aliphatic heterocycles. The Morgan fingerprint density at radius 1 is 1.05 bits per heavy atom. The van der Waals surface area contributed by atoms with Crippen molar-refractivity contribution in [2.75, 3.05) is 5.32 Å². The summed E-state index contributed by atoms with van der Waals surface area (Å²) in [4.78, 5) is 16.7. The standard InChI is InChI=1S/C16H17BrN2O/c1-9-5-10(2)14(11(3)6-9)16(20)19-15-12(4)7-13(17)8-18-15/h5-8H,1-4H3,(H,18,19,20). The summed E-state index contributed by atoms with van der Waals surface area (Å²) in [7, 11) is 0. The Morgan fingerprint density at radius 3 is 2.20 bits per heavy atom. The number of carbonyl (C=O) groups is 1. The number of nitrogens with zero attached hydrogens (tertiary/aromatic N) is 1. The van der Waals surface area contributed by atoms with Crippen LogP contribution in [0.25, 0.3) is 0 Å². The van der Waals surface area contributed by atoms with Crippen LogP contribution in [0.5, 0.6) is 0 Å². The molecule has 3 nitrogen and oxygen atoms in total. The third-order valence-electron chi connectivity index (χ3n) is 3.18. The first-order valence-corrected chi connectivity index (χ1v) is 7.19. The van der Waals surface area contributed by atoms with Gasteiger partial charge in [-0.2, -0.15) is 0 Å². The topological polar surface area (TPSA) is 42.0 Å². The molecular formula is C16H17BrN2O. The number of benzene rings is 1. The van der Waals surface area contributed by atoms with E-state index < -0.39 is 0 Å². The van der Waals surface area contributed by atoms with Crippen molar-refractivity contribution in [1.29, 1.82) is 0 Å². The number of rotatable bonds is 2. The summed E-state index contributed by atoms with van der Waals surface area (Å²) in [6.45, 7) is 7.86. The highest BCUT2D eigenvalue weighted by atomic mass is 79.9. The highest BCUT2D eigenvalue weighted by molar-refractivity contribution is 9.10. The molecule has 1 heterocycles. The molecule has 1 N–H and O–H groups in total. The molecule has 0 atom stereocenters. The molecular weight excluding hydrogens is 316 g/mol. The van der Waals surface area contributed by atoms with Crippen LogP contribution in [0.15, 0.2) is 28.9 Å². The van der Waals surface area contributed by atoms with Crippen LogP contribution in [0.3, 0.4) is 0 Å². The van der Waals surface area contributed by atoms with Gasteiger partial charge >= 0.3 is 0 Å². The van der Waals surface area contributed by atoms with Gasteiger partial charge in [0.2, 0.25) is 0 Å². The Bertz CT molecular complexity index is 657. The second-order valence-corrected chi connectivity index (χ2v) is 5.96. The lowest BCUT2D eigenvalue weighted by atomic mass is 9.99. The first-order valence-electron chi connectivity index (χ1n) is 6.40. The van der Waals surface area contributed by atoms with Crippen LogP contribution < -0.4 is 5.32 Å². The molecule has 20 heavy (non-hydrogen) atoms. The Balaban J connectivity index is 2.33. The number of pyridine rings is 1. The van der Waals surface area contributed by atoms with Crippen molar-refractivity contribution >= 4 is 27.7 Å². The lowest BCUT2D eigenvalue weighted by Gasteiger charge is -2.12. The highest BCUT2D eigenvalue weighted by Gasteiger charge is 2.14. The zero-order valence-electron chi connectivity index (χ0n) is 12.0. The number of anilines is 1. The predicted octanol–water partition coefficient (Wildman–Crippen LogP) is 4.33. The molecule has 0 aliphatic rings. The summed E-state index contributed by atoms with van der Waals surface area (Å²) in [6.07, 6.45) is 1.68. The van der Waals surface area contributed by atoms with Gasteiger partial charge in [0, 0.05) is 16.2 Å². The minimum absolute atomic E-state index is 0.113. The number of aromatic nitrogens is 1. The number of nitrogens with one attached hydrogen (secondary N) is 1. The van der Waals surface area contributed by atoms with E-state index in [1.807, 2.05) is 45.9 Å². The van der Waals surface area contributed by atoms with E-state index in [-0.39, 0.29) is 5.91 Å². The summed E-state index contributed by atoms with van der Waals surface area (Å²) in [5.41, 5.74) is 4.77. The van der Waals surface area contributed by atoms with Crippen molar-refractivity contribution in [2.45, 2.75) is 27.7 Å². The van der Waals surface area contributed by atoms with E-state index in [9.17, 15) is 4.79 Å².